The third-order valence-corrected chi connectivity index (χ3v) is 8.24. The zero-order chi connectivity index (χ0) is 26.5. The molecule has 2 aliphatic carbocycles. The molecular formula is C30H37FN4O3. The molecule has 8 heteroatoms. The maximum atomic E-state index is 13.4. The van der Waals surface area contributed by atoms with Crippen LogP contribution >= 0.6 is 0 Å². The van der Waals surface area contributed by atoms with Gasteiger partial charge in [0.25, 0.3) is 5.91 Å². The Balaban J connectivity index is 1.30. The number of hydrogen-bond acceptors (Lipinski definition) is 4. The minimum Gasteiger partial charge on any atom is -0.367 e. The van der Waals surface area contributed by atoms with Crippen LogP contribution in [-0.2, 0) is 16.1 Å². The molecule has 7 nitrogen and oxygen atoms in total. The summed E-state index contributed by atoms with van der Waals surface area (Å²) in [5, 5.41) is 5.96. The van der Waals surface area contributed by atoms with Crippen molar-refractivity contribution in [3.63, 3.8) is 0 Å². The van der Waals surface area contributed by atoms with E-state index in [1.165, 1.54) is 12.1 Å². The first-order chi connectivity index (χ1) is 18.5. The van der Waals surface area contributed by atoms with Crippen LogP contribution in [0.1, 0.15) is 67.3 Å². The first kappa shape index (κ1) is 26.2. The van der Waals surface area contributed by atoms with Crippen molar-refractivity contribution in [1.29, 1.82) is 0 Å². The van der Waals surface area contributed by atoms with E-state index in [2.05, 4.69) is 15.5 Å². The van der Waals surface area contributed by atoms with Gasteiger partial charge < -0.3 is 20.4 Å². The number of anilines is 2. The highest BCUT2D eigenvalue weighted by Crippen LogP contribution is 2.30. The van der Waals surface area contributed by atoms with Gasteiger partial charge in [-0.3, -0.25) is 14.4 Å². The van der Waals surface area contributed by atoms with E-state index in [-0.39, 0.29) is 41.9 Å². The molecule has 0 aromatic heterocycles. The molecule has 2 N–H and O–H groups in total. The molecule has 0 atom stereocenters. The molecule has 202 valence electrons. The summed E-state index contributed by atoms with van der Waals surface area (Å²) in [4.78, 5) is 43.2. The molecule has 0 radical (unpaired) electrons. The second-order valence-electron chi connectivity index (χ2n) is 10.8. The van der Waals surface area contributed by atoms with E-state index in [4.69, 9.17) is 0 Å². The largest absolute Gasteiger partial charge is 0.367 e. The van der Waals surface area contributed by atoms with Crippen molar-refractivity contribution < 1.29 is 18.8 Å². The summed E-state index contributed by atoms with van der Waals surface area (Å²) in [7, 11) is 0. The molecule has 2 saturated carbocycles. The maximum Gasteiger partial charge on any atom is 0.253 e. The fourth-order valence-corrected chi connectivity index (χ4v) is 5.98. The number of nitrogens with zero attached hydrogens (tertiary/aromatic N) is 2. The lowest BCUT2D eigenvalue weighted by Crippen LogP contribution is -2.50. The molecule has 1 aliphatic heterocycles. The normalized spacial score (nSPS) is 18.6. The lowest BCUT2D eigenvalue weighted by atomic mass is 10.0. The van der Waals surface area contributed by atoms with Gasteiger partial charge in [-0.25, -0.2) is 4.39 Å². The summed E-state index contributed by atoms with van der Waals surface area (Å²) in [6.45, 7) is 2.81. The Morgan fingerprint density at radius 3 is 2.11 bits per heavy atom. The molecule has 0 spiro atoms. The van der Waals surface area contributed by atoms with Crippen LogP contribution in [0.25, 0.3) is 0 Å². The summed E-state index contributed by atoms with van der Waals surface area (Å²) in [6.07, 6.45) is 8.20. The predicted molar refractivity (Wildman–Crippen MR) is 145 cm³/mol. The van der Waals surface area contributed by atoms with E-state index >= 15 is 0 Å². The molecule has 2 aromatic rings. The Labute approximate surface area is 223 Å². The van der Waals surface area contributed by atoms with Crippen LogP contribution in [-0.4, -0.2) is 48.8 Å². The Kier molecular flexibility index (Phi) is 8.25. The monoisotopic (exact) mass is 520 g/mol. The highest BCUT2D eigenvalue weighted by atomic mass is 19.1. The highest BCUT2D eigenvalue weighted by Gasteiger charge is 2.30. The lowest BCUT2D eigenvalue weighted by Gasteiger charge is -2.38. The van der Waals surface area contributed by atoms with Crippen LogP contribution in [0.4, 0.5) is 15.8 Å². The van der Waals surface area contributed by atoms with Gasteiger partial charge in [0.1, 0.15) is 5.82 Å². The first-order valence-electron chi connectivity index (χ1n) is 14.0. The third kappa shape index (κ3) is 6.17. The Bertz CT molecular complexity index is 1150. The molecule has 38 heavy (non-hydrogen) atoms. The maximum absolute atomic E-state index is 13.4. The van der Waals surface area contributed by atoms with Crippen molar-refractivity contribution in [3.8, 4) is 0 Å². The second-order valence-corrected chi connectivity index (χ2v) is 10.8. The summed E-state index contributed by atoms with van der Waals surface area (Å²) in [5.74, 6) is -0.117. The van der Waals surface area contributed by atoms with Gasteiger partial charge in [-0.05, 0) is 61.6 Å². The molecule has 1 heterocycles. The summed E-state index contributed by atoms with van der Waals surface area (Å²) >= 11 is 0. The van der Waals surface area contributed by atoms with Crippen LogP contribution in [0.3, 0.4) is 0 Å². The van der Waals surface area contributed by atoms with E-state index in [1.807, 2.05) is 17.0 Å². The fraction of sp³-hybridized carbons (Fsp3) is 0.500. The molecule has 1 saturated heterocycles. The molecule has 0 bridgehead atoms. The van der Waals surface area contributed by atoms with Gasteiger partial charge in [-0.2, -0.15) is 0 Å². The van der Waals surface area contributed by atoms with E-state index in [1.54, 1.807) is 18.2 Å². The standard InChI is InChI=1S/C30H37FN4O3/c31-24-11-9-21(10-12-24)20-32-29(37)26-19-25(33-28(36)22-5-1-2-6-22)13-14-27(26)34-15-17-35(18-16-34)30(38)23-7-3-4-8-23/h9-14,19,22-23H,1-8,15-18,20H2,(H,32,37)(H,33,36). The van der Waals surface area contributed by atoms with Gasteiger partial charge in [-0.15, -0.1) is 0 Å². The fourth-order valence-electron chi connectivity index (χ4n) is 5.98. The minimum atomic E-state index is -0.321. The van der Waals surface area contributed by atoms with Crippen LogP contribution in [0.2, 0.25) is 0 Å². The molecule has 5 rings (SSSR count). The number of rotatable bonds is 7. The minimum absolute atomic E-state index is 0.00644. The van der Waals surface area contributed by atoms with Crippen molar-refractivity contribution >= 4 is 29.1 Å². The molecule has 3 fully saturated rings. The Morgan fingerprint density at radius 2 is 1.45 bits per heavy atom. The average Bonchev–Trinajstić information content (AvgIpc) is 3.68. The van der Waals surface area contributed by atoms with Gasteiger partial charge in [-0.1, -0.05) is 37.8 Å². The molecule has 2 aromatic carbocycles. The molecule has 3 aliphatic rings. The van der Waals surface area contributed by atoms with Crippen LogP contribution < -0.4 is 15.5 Å². The first-order valence-corrected chi connectivity index (χ1v) is 14.0. The van der Waals surface area contributed by atoms with E-state index in [0.717, 1.165) is 62.6 Å². The predicted octanol–water partition coefficient (Wildman–Crippen LogP) is 4.72. The summed E-state index contributed by atoms with van der Waals surface area (Å²) in [5.41, 5.74) is 2.67. The van der Waals surface area contributed by atoms with E-state index in [9.17, 15) is 18.8 Å². The van der Waals surface area contributed by atoms with Crippen LogP contribution in [0, 0.1) is 17.7 Å². The molecule has 3 amide bonds. The Morgan fingerprint density at radius 1 is 0.816 bits per heavy atom. The third-order valence-electron chi connectivity index (χ3n) is 8.24. The van der Waals surface area contributed by atoms with Gasteiger partial charge in [0.05, 0.1) is 5.56 Å². The summed E-state index contributed by atoms with van der Waals surface area (Å²) < 4.78 is 13.3. The van der Waals surface area contributed by atoms with Crippen LogP contribution in [0.5, 0.6) is 0 Å². The SMILES string of the molecule is O=C(NCc1ccc(F)cc1)c1cc(NC(=O)C2CCCC2)ccc1N1CCN(C(=O)C2CCCC2)CC1. The lowest BCUT2D eigenvalue weighted by molar-refractivity contribution is -0.135. The molecule has 0 unspecified atom stereocenters. The molecular weight excluding hydrogens is 483 g/mol. The number of amides is 3. The van der Waals surface area contributed by atoms with Crippen molar-refractivity contribution in [1.82, 2.24) is 10.2 Å². The summed E-state index contributed by atoms with van der Waals surface area (Å²) in [6, 6.07) is 11.5. The zero-order valence-electron chi connectivity index (χ0n) is 21.9. The van der Waals surface area contributed by atoms with E-state index in [0.29, 0.717) is 37.4 Å². The van der Waals surface area contributed by atoms with Crippen molar-refractivity contribution in [2.45, 2.75) is 57.9 Å². The van der Waals surface area contributed by atoms with Crippen LogP contribution in [0.15, 0.2) is 42.5 Å². The number of carbonyl (C=O) groups excluding carboxylic acids is 3. The topological polar surface area (TPSA) is 81.8 Å². The Hall–Kier alpha value is -3.42. The van der Waals surface area contributed by atoms with Crippen molar-refractivity contribution in [3.05, 3.63) is 59.4 Å². The van der Waals surface area contributed by atoms with Gasteiger partial charge >= 0.3 is 0 Å². The van der Waals surface area contributed by atoms with Gasteiger partial charge in [0.15, 0.2) is 0 Å². The number of hydrogen-bond donors (Lipinski definition) is 2. The van der Waals surface area contributed by atoms with Gasteiger partial charge in [0, 0.05) is 55.9 Å². The quantitative estimate of drug-likeness (QED) is 0.554. The highest BCUT2D eigenvalue weighted by molar-refractivity contribution is 6.02. The zero-order valence-corrected chi connectivity index (χ0v) is 21.9. The van der Waals surface area contributed by atoms with Gasteiger partial charge in [0.2, 0.25) is 11.8 Å². The van der Waals surface area contributed by atoms with E-state index < -0.39 is 0 Å². The number of piperazine rings is 1. The number of benzene rings is 2. The number of nitrogens with one attached hydrogen (secondary N) is 2. The second kappa shape index (κ2) is 12.0. The number of carbonyl (C=O) groups is 3. The van der Waals surface area contributed by atoms with Crippen molar-refractivity contribution in [2.24, 2.45) is 11.8 Å². The smallest absolute Gasteiger partial charge is 0.253 e. The number of halogens is 1. The average molecular weight is 521 g/mol. The van der Waals surface area contributed by atoms with Crippen molar-refractivity contribution in [2.75, 3.05) is 36.4 Å².